The summed E-state index contributed by atoms with van der Waals surface area (Å²) in [6.45, 7) is 1.93. The highest BCUT2D eigenvalue weighted by Gasteiger charge is 2.19. The molecule has 1 aliphatic rings. The number of nitrogens with zero attached hydrogens (tertiary/aromatic N) is 3. The molecule has 1 amide bonds. The second-order valence-corrected chi connectivity index (χ2v) is 6.32. The summed E-state index contributed by atoms with van der Waals surface area (Å²) in [7, 11) is 3.99. The molecular weight excluding hydrogens is 300 g/mol. The summed E-state index contributed by atoms with van der Waals surface area (Å²) in [5.41, 5.74) is 2.53. The number of hydrogen-bond donors (Lipinski definition) is 1. The van der Waals surface area contributed by atoms with Crippen molar-refractivity contribution in [3.8, 4) is 0 Å². The Balaban J connectivity index is 1.77. The van der Waals surface area contributed by atoms with Crippen LogP contribution in [0.15, 0.2) is 42.6 Å². The quantitative estimate of drug-likeness (QED) is 0.936. The van der Waals surface area contributed by atoms with Gasteiger partial charge in [0.15, 0.2) is 0 Å². The summed E-state index contributed by atoms with van der Waals surface area (Å²) in [4.78, 5) is 21.4. The van der Waals surface area contributed by atoms with Crippen molar-refractivity contribution in [3.63, 3.8) is 0 Å². The third-order valence-electron chi connectivity index (χ3n) is 4.33. The zero-order chi connectivity index (χ0) is 16.9. The minimum absolute atomic E-state index is 0.110. The van der Waals surface area contributed by atoms with Gasteiger partial charge in [0.1, 0.15) is 5.82 Å². The Morgan fingerprint density at radius 1 is 1.08 bits per heavy atom. The van der Waals surface area contributed by atoms with Crippen LogP contribution in [0, 0.1) is 0 Å². The number of carbonyl (C=O) groups excluding carboxylic acids is 1. The lowest BCUT2D eigenvalue weighted by Gasteiger charge is -2.29. The fraction of sp³-hybridized carbons (Fsp3) is 0.368. The highest BCUT2D eigenvalue weighted by Crippen LogP contribution is 2.23. The average molecular weight is 324 g/mol. The van der Waals surface area contributed by atoms with Crippen LogP contribution in [0.1, 0.15) is 29.6 Å². The molecule has 0 saturated carbocycles. The summed E-state index contributed by atoms with van der Waals surface area (Å²) >= 11 is 0. The third-order valence-corrected chi connectivity index (χ3v) is 4.33. The van der Waals surface area contributed by atoms with Gasteiger partial charge in [0, 0.05) is 44.8 Å². The Labute approximate surface area is 143 Å². The maximum Gasteiger partial charge on any atom is 0.259 e. The van der Waals surface area contributed by atoms with Crippen molar-refractivity contribution in [2.45, 2.75) is 19.3 Å². The molecule has 0 bridgehead atoms. The molecule has 2 aromatic rings. The minimum Gasteiger partial charge on any atom is -0.378 e. The normalized spacial score (nSPS) is 14.3. The predicted molar refractivity (Wildman–Crippen MR) is 99.0 cm³/mol. The van der Waals surface area contributed by atoms with Gasteiger partial charge >= 0.3 is 0 Å². The number of carbonyl (C=O) groups is 1. The van der Waals surface area contributed by atoms with E-state index in [0.717, 1.165) is 43.1 Å². The number of hydrogen-bond acceptors (Lipinski definition) is 4. The monoisotopic (exact) mass is 324 g/mol. The number of amides is 1. The maximum atomic E-state index is 12.7. The van der Waals surface area contributed by atoms with Gasteiger partial charge in [-0.1, -0.05) is 0 Å². The third kappa shape index (κ3) is 3.67. The van der Waals surface area contributed by atoms with Crippen molar-refractivity contribution in [1.82, 2.24) is 4.98 Å². The first-order valence-corrected chi connectivity index (χ1v) is 8.44. The molecule has 1 aliphatic heterocycles. The van der Waals surface area contributed by atoms with Gasteiger partial charge in [-0.15, -0.1) is 0 Å². The standard InChI is InChI=1S/C19H24N4O/c1-22(2)16-10-8-15(9-11-16)21-19(24)17-7-6-12-20-18(17)23-13-4-3-5-14-23/h6-12H,3-5,13-14H2,1-2H3,(H,21,24). The number of anilines is 3. The molecule has 3 rings (SSSR count). The van der Waals surface area contributed by atoms with E-state index in [4.69, 9.17) is 0 Å². The van der Waals surface area contributed by atoms with E-state index in [1.807, 2.05) is 55.4 Å². The topological polar surface area (TPSA) is 48.5 Å². The van der Waals surface area contributed by atoms with Crippen LogP contribution in [0.5, 0.6) is 0 Å². The lowest BCUT2D eigenvalue weighted by molar-refractivity contribution is 0.102. The predicted octanol–water partition coefficient (Wildman–Crippen LogP) is 3.39. The molecule has 2 heterocycles. The van der Waals surface area contributed by atoms with E-state index in [2.05, 4.69) is 15.2 Å². The first kappa shape index (κ1) is 16.3. The molecular formula is C19H24N4O. The molecule has 5 nitrogen and oxygen atoms in total. The van der Waals surface area contributed by atoms with Crippen LogP contribution >= 0.6 is 0 Å². The maximum absolute atomic E-state index is 12.7. The van der Waals surface area contributed by atoms with Crippen molar-refractivity contribution < 1.29 is 4.79 Å². The van der Waals surface area contributed by atoms with E-state index in [1.54, 1.807) is 6.20 Å². The van der Waals surface area contributed by atoms with Gasteiger partial charge in [-0.25, -0.2) is 4.98 Å². The van der Waals surface area contributed by atoms with Gasteiger partial charge in [-0.2, -0.15) is 0 Å². The lowest BCUT2D eigenvalue weighted by Crippen LogP contribution is -2.32. The SMILES string of the molecule is CN(C)c1ccc(NC(=O)c2cccnc2N2CCCCC2)cc1. The van der Waals surface area contributed by atoms with Crippen LogP contribution in [0.25, 0.3) is 0 Å². The van der Waals surface area contributed by atoms with Crippen LogP contribution in [0.3, 0.4) is 0 Å². The molecule has 0 spiro atoms. The number of aromatic nitrogens is 1. The van der Waals surface area contributed by atoms with Gasteiger partial charge < -0.3 is 15.1 Å². The van der Waals surface area contributed by atoms with Crippen molar-refractivity contribution in [2.24, 2.45) is 0 Å². The zero-order valence-corrected chi connectivity index (χ0v) is 14.3. The summed E-state index contributed by atoms with van der Waals surface area (Å²) < 4.78 is 0. The van der Waals surface area contributed by atoms with E-state index < -0.39 is 0 Å². The molecule has 1 aromatic carbocycles. The molecule has 1 aromatic heterocycles. The van der Waals surface area contributed by atoms with Crippen molar-refractivity contribution in [2.75, 3.05) is 42.3 Å². The lowest BCUT2D eigenvalue weighted by atomic mass is 10.1. The smallest absolute Gasteiger partial charge is 0.259 e. The molecule has 24 heavy (non-hydrogen) atoms. The second-order valence-electron chi connectivity index (χ2n) is 6.32. The highest BCUT2D eigenvalue weighted by molar-refractivity contribution is 6.07. The van der Waals surface area contributed by atoms with Gasteiger partial charge in [-0.3, -0.25) is 4.79 Å². The summed E-state index contributed by atoms with van der Waals surface area (Å²) in [6, 6.07) is 11.5. The van der Waals surface area contributed by atoms with Crippen LogP contribution in [-0.4, -0.2) is 38.1 Å². The molecule has 1 fully saturated rings. The Hall–Kier alpha value is -2.56. The molecule has 1 saturated heterocycles. The van der Waals surface area contributed by atoms with Crippen LogP contribution in [0.4, 0.5) is 17.2 Å². The Bertz CT molecular complexity index is 691. The second kappa shape index (κ2) is 7.34. The van der Waals surface area contributed by atoms with Gasteiger partial charge in [0.05, 0.1) is 5.56 Å². The molecule has 5 heteroatoms. The van der Waals surface area contributed by atoms with Crippen LogP contribution < -0.4 is 15.1 Å². The van der Waals surface area contributed by atoms with Gasteiger partial charge in [-0.05, 0) is 55.7 Å². The fourth-order valence-corrected chi connectivity index (χ4v) is 2.97. The number of pyridine rings is 1. The molecule has 0 aliphatic carbocycles. The van der Waals surface area contributed by atoms with Gasteiger partial charge in [0.25, 0.3) is 5.91 Å². The molecule has 0 atom stereocenters. The van der Waals surface area contributed by atoms with Crippen molar-refractivity contribution in [3.05, 3.63) is 48.2 Å². The number of benzene rings is 1. The number of rotatable bonds is 4. The van der Waals surface area contributed by atoms with E-state index in [0.29, 0.717) is 5.56 Å². The van der Waals surface area contributed by atoms with E-state index in [-0.39, 0.29) is 5.91 Å². The number of nitrogens with one attached hydrogen (secondary N) is 1. The highest BCUT2D eigenvalue weighted by atomic mass is 16.1. The summed E-state index contributed by atoms with van der Waals surface area (Å²) in [5, 5.41) is 2.98. The first-order chi connectivity index (χ1) is 11.6. The molecule has 0 radical (unpaired) electrons. The Morgan fingerprint density at radius 3 is 2.46 bits per heavy atom. The van der Waals surface area contributed by atoms with E-state index in [1.165, 1.54) is 6.42 Å². The first-order valence-electron chi connectivity index (χ1n) is 8.44. The van der Waals surface area contributed by atoms with Crippen LogP contribution in [-0.2, 0) is 0 Å². The molecule has 126 valence electrons. The van der Waals surface area contributed by atoms with Crippen LogP contribution in [0.2, 0.25) is 0 Å². The summed E-state index contributed by atoms with van der Waals surface area (Å²) in [6.07, 6.45) is 5.32. The molecule has 1 N–H and O–H groups in total. The zero-order valence-electron chi connectivity index (χ0n) is 14.3. The Kier molecular flexibility index (Phi) is 4.99. The largest absolute Gasteiger partial charge is 0.378 e. The summed E-state index contributed by atoms with van der Waals surface area (Å²) in [5.74, 6) is 0.681. The Morgan fingerprint density at radius 2 is 1.79 bits per heavy atom. The van der Waals surface area contributed by atoms with Crippen molar-refractivity contribution >= 4 is 23.1 Å². The van der Waals surface area contributed by atoms with E-state index in [9.17, 15) is 4.79 Å². The number of piperidine rings is 1. The molecule has 0 unspecified atom stereocenters. The van der Waals surface area contributed by atoms with E-state index >= 15 is 0 Å². The average Bonchev–Trinajstić information content (AvgIpc) is 2.63. The minimum atomic E-state index is -0.110. The van der Waals surface area contributed by atoms with Crippen molar-refractivity contribution in [1.29, 1.82) is 0 Å². The van der Waals surface area contributed by atoms with Gasteiger partial charge in [0.2, 0.25) is 0 Å². The fourth-order valence-electron chi connectivity index (χ4n) is 2.97.